The van der Waals surface area contributed by atoms with E-state index in [0.717, 1.165) is 29.7 Å². The Labute approximate surface area is 198 Å². The molecule has 176 valence electrons. The van der Waals surface area contributed by atoms with E-state index < -0.39 is 11.7 Å². The van der Waals surface area contributed by atoms with Crippen molar-refractivity contribution in [1.29, 1.82) is 0 Å². The molecule has 0 saturated carbocycles. The van der Waals surface area contributed by atoms with E-state index in [1.165, 1.54) is 36.4 Å². The van der Waals surface area contributed by atoms with Gasteiger partial charge in [0.15, 0.2) is 5.78 Å². The molecular formula is C28H27F2NO3. The van der Waals surface area contributed by atoms with Crippen LogP contribution in [0.1, 0.15) is 59.6 Å². The van der Waals surface area contributed by atoms with Gasteiger partial charge in [-0.25, -0.2) is 8.78 Å². The molecule has 6 heteroatoms. The van der Waals surface area contributed by atoms with Gasteiger partial charge < -0.3 is 9.64 Å². The molecule has 0 spiro atoms. The first-order valence-electron chi connectivity index (χ1n) is 11.6. The zero-order valence-corrected chi connectivity index (χ0v) is 19.0. The lowest BCUT2D eigenvalue weighted by Crippen LogP contribution is -2.53. The number of unbranched alkanes of at least 4 members (excludes halogenated alkanes) is 1. The highest BCUT2D eigenvalue weighted by Gasteiger charge is 2.48. The molecule has 3 aromatic rings. The summed E-state index contributed by atoms with van der Waals surface area (Å²) >= 11 is 0. The van der Waals surface area contributed by atoms with Gasteiger partial charge in [-0.3, -0.25) is 9.59 Å². The van der Waals surface area contributed by atoms with Crippen LogP contribution in [-0.4, -0.2) is 29.7 Å². The monoisotopic (exact) mass is 463 g/mol. The van der Waals surface area contributed by atoms with Crippen molar-refractivity contribution in [3.63, 3.8) is 0 Å². The minimum atomic E-state index is -0.451. The number of ketones is 1. The van der Waals surface area contributed by atoms with E-state index in [4.69, 9.17) is 4.74 Å². The molecule has 4 nitrogen and oxygen atoms in total. The lowest BCUT2D eigenvalue weighted by Gasteiger charge is -2.48. The van der Waals surface area contributed by atoms with Crippen LogP contribution in [-0.2, 0) is 4.79 Å². The van der Waals surface area contributed by atoms with Crippen LogP contribution in [0.3, 0.4) is 0 Å². The molecule has 0 radical (unpaired) electrons. The molecule has 0 aromatic heterocycles. The van der Waals surface area contributed by atoms with Gasteiger partial charge >= 0.3 is 0 Å². The predicted molar refractivity (Wildman–Crippen MR) is 126 cm³/mol. The quantitative estimate of drug-likeness (QED) is 0.208. The van der Waals surface area contributed by atoms with Crippen molar-refractivity contribution in [2.45, 2.75) is 38.1 Å². The maximum Gasteiger partial charge on any atom is 0.233 e. The second-order valence-electron chi connectivity index (χ2n) is 8.46. The zero-order valence-electron chi connectivity index (χ0n) is 19.0. The second kappa shape index (κ2) is 10.6. The van der Waals surface area contributed by atoms with Crippen molar-refractivity contribution >= 4 is 11.7 Å². The fraction of sp³-hybridized carbons (Fsp3) is 0.286. The Hall–Kier alpha value is -3.54. The SMILES string of the molecule is CCCCOc1ccc([C@H]2[C@H](c3ccc(F)cc3)C(=O)N2CCC(=O)c2ccc(F)cc2)cc1. The minimum Gasteiger partial charge on any atom is -0.494 e. The third-order valence-corrected chi connectivity index (χ3v) is 6.16. The van der Waals surface area contributed by atoms with Crippen LogP contribution in [0, 0.1) is 11.6 Å². The third kappa shape index (κ3) is 5.16. The van der Waals surface area contributed by atoms with Gasteiger partial charge in [-0.05, 0) is 66.1 Å². The molecule has 0 N–H and O–H groups in total. The fourth-order valence-corrected chi connectivity index (χ4v) is 4.26. The first-order chi connectivity index (χ1) is 16.5. The van der Waals surface area contributed by atoms with E-state index in [1.807, 2.05) is 24.3 Å². The highest BCUT2D eigenvalue weighted by atomic mass is 19.1. The number of carbonyl (C=O) groups excluding carboxylic acids is 2. The average Bonchev–Trinajstić information content (AvgIpc) is 2.85. The predicted octanol–water partition coefficient (Wildman–Crippen LogP) is 6.08. The number of carbonyl (C=O) groups is 2. The summed E-state index contributed by atoms with van der Waals surface area (Å²) in [6.45, 7) is 2.99. The summed E-state index contributed by atoms with van der Waals surface area (Å²) in [5.41, 5.74) is 2.07. The molecule has 0 aliphatic carbocycles. The maximum absolute atomic E-state index is 13.5. The summed E-state index contributed by atoms with van der Waals surface area (Å²) in [5.74, 6) is -0.711. The summed E-state index contributed by atoms with van der Waals surface area (Å²) in [6.07, 6.45) is 2.15. The van der Waals surface area contributed by atoms with Gasteiger partial charge in [0.05, 0.1) is 18.6 Å². The van der Waals surface area contributed by atoms with Gasteiger partial charge in [-0.2, -0.15) is 0 Å². The van der Waals surface area contributed by atoms with E-state index in [9.17, 15) is 18.4 Å². The van der Waals surface area contributed by atoms with Crippen LogP contribution in [0.4, 0.5) is 8.78 Å². The number of nitrogens with zero attached hydrogens (tertiary/aromatic N) is 1. The highest BCUT2D eigenvalue weighted by Crippen LogP contribution is 2.46. The van der Waals surface area contributed by atoms with Crippen LogP contribution in [0.2, 0.25) is 0 Å². The number of Topliss-reactive ketones (excluding diaryl/α,β-unsaturated/α-hetero) is 1. The highest BCUT2D eigenvalue weighted by molar-refractivity contribution is 5.97. The Balaban J connectivity index is 1.52. The van der Waals surface area contributed by atoms with Crippen molar-refractivity contribution in [1.82, 2.24) is 4.90 Å². The molecule has 3 aromatic carbocycles. The molecular weight excluding hydrogens is 436 g/mol. The van der Waals surface area contributed by atoms with Crippen molar-refractivity contribution in [3.8, 4) is 5.75 Å². The molecule has 1 aliphatic heterocycles. The maximum atomic E-state index is 13.5. The minimum absolute atomic E-state index is 0.105. The molecule has 1 amide bonds. The standard InChI is InChI=1S/C28H27F2NO3/c1-2-3-18-34-24-14-8-21(9-15-24)27-26(20-6-12-23(30)13-7-20)28(33)31(27)17-16-25(32)19-4-10-22(29)11-5-19/h4-15,26-27H,2-3,16-18H2,1H3/t26-,27-/m0/s1. The largest absolute Gasteiger partial charge is 0.494 e. The van der Waals surface area contributed by atoms with E-state index in [0.29, 0.717) is 12.2 Å². The van der Waals surface area contributed by atoms with E-state index in [1.54, 1.807) is 17.0 Å². The van der Waals surface area contributed by atoms with Gasteiger partial charge in [0, 0.05) is 18.5 Å². The normalized spacial score (nSPS) is 17.4. The number of ether oxygens (including phenoxy) is 1. The van der Waals surface area contributed by atoms with Gasteiger partial charge in [-0.1, -0.05) is 37.6 Å². The zero-order chi connectivity index (χ0) is 24.1. The van der Waals surface area contributed by atoms with Gasteiger partial charge in [0.2, 0.25) is 5.91 Å². The number of hydrogen-bond acceptors (Lipinski definition) is 3. The van der Waals surface area contributed by atoms with Crippen LogP contribution in [0.15, 0.2) is 72.8 Å². The van der Waals surface area contributed by atoms with Crippen molar-refractivity contribution in [2.24, 2.45) is 0 Å². The Kier molecular flexibility index (Phi) is 7.36. The molecule has 0 unspecified atom stereocenters. The first-order valence-corrected chi connectivity index (χ1v) is 11.6. The van der Waals surface area contributed by atoms with E-state index in [-0.39, 0.29) is 36.5 Å². The number of β-lactam (4-membered cyclic amide) rings is 1. The topological polar surface area (TPSA) is 46.6 Å². The summed E-state index contributed by atoms with van der Waals surface area (Å²) in [6, 6.07) is 18.7. The second-order valence-corrected chi connectivity index (χ2v) is 8.46. The van der Waals surface area contributed by atoms with Gasteiger partial charge in [0.25, 0.3) is 0 Å². The Morgan fingerprint density at radius 2 is 1.47 bits per heavy atom. The molecule has 4 rings (SSSR count). The van der Waals surface area contributed by atoms with Gasteiger partial charge in [-0.15, -0.1) is 0 Å². The summed E-state index contributed by atoms with van der Waals surface area (Å²) in [5, 5.41) is 0. The number of rotatable bonds is 10. The number of amides is 1. The van der Waals surface area contributed by atoms with Crippen LogP contribution in [0.25, 0.3) is 0 Å². The molecule has 2 atom stereocenters. The van der Waals surface area contributed by atoms with E-state index in [2.05, 4.69) is 6.92 Å². The average molecular weight is 464 g/mol. The van der Waals surface area contributed by atoms with Crippen LogP contribution < -0.4 is 4.74 Å². The third-order valence-electron chi connectivity index (χ3n) is 6.16. The first kappa shape index (κ1) is 23.6. The van der Waals surface area contributed by atoms with Crippen LogP contribution >= 0.6 is 0 Å². The van der Waals surface area contributed by atoms with Crippen molar-refractivity contribution < 1.29 is 23.1 Å². The molecule has 1 saturated heterocycles. The van der Waals surface area contributed by atoms with E-state index >= 15 is 0 Å². The molecule has 1 aliphatic rings. The Morgan fingerprint density at radius 3 is 2.09 bits per heavy atom. The summed E-state index contributed by atoms with van der Waals surface area (Å²) < 4.78 is 32.4. The van der Waals surface area contributed by atoms with Crippen molar-refractivity contribution in [3.05, 3.63) is 101 Å². The lowest BCUT2D eigenvalue weighted by atomic mass is 9.77. The molecule has 34 heavy (non-hydrogen) atoms. The number of halogens is 2. The van der Waals surface area contributed by atoms with Crippen LogP contribution in [0.5, 0.6) is 5.75 Å². The summed E-state index contributed by atoms with van der Waals surface area (Å²) in [7, 11) is 0. The number of hydrogen-bond donors (Lipinski definition) is 0. The fourth-order valence-electron chi connectivity index (χ4n) is 4.26. The van der Waals surface area contributed by atoms with Crippen molar-refractivity contribution in [2.75, 3.05) is 13.2 Å². The van der Waals surface area contributed by atoms with Gasteiger partial charge in [0.1, 0.15) is 17.4 Å². The lowest BCUT2D eigenvalue weighted by molar-refractivity contribution is -0.150. The molecule has 1 fully saturated rings. The number of benzene rings is 3. The molecule has 0 bridgehead atoms. The summed E-state index contributed by atoms with van der Waals surface area (Å²) in [4.78, 5) is 27.4. The Bertz CT molecular complexity index is 1130. The number of likely N-dealkylation sites (tertiary alicyclic amines) is 1. The smallest absolute Gasteiger partial charge is 0.233 e. The molecule has 1 heterocycles. The Morgan fingerprint density at radius 1 is 0.882 bits per heavy atom.